The van der Waals surface area contributed by atoms with E-state index >= 15 is 0 Å². The molecule has 0 saturated carbocycles. The summed E-state index contributed by atoms with van der Waals surface area (Å²) in [5.41, 5.74) is 1.89. The Balaban J connectivity index is 1.66. The van der Waals surface area contributed by atoms with Crippen molar-refractivity contribution in [3.05, 3.63) is 48.3 Å². The maximum atomic E-state index is 12.5. The van der Waals surface area contributed by atoms with Crippen molar-refractivity contribution in [3.63, 3.8) is 0 Å². The second-order valence-electron chi connectivity index (χ2n) is 6.28. The minimum atomic E-state index is -0.776. The molecule has 1 atom stereocenters. The molecule has 1 aliphatic rings. The number of likely N-dealkylation sites (tertiary alicyclic amines) is 1. The zero-order chi connectivity index (χ0) is 17.8. The molecule has 1 aromatic heterocycles. The minimum Gasteiger partial charge on any atom is -0.481 e. The topological polar surface area (TPSA) is 87.5 Å². The average molecular weight is 342 g/mol. The van der Waals surface area contributed by atoms with Gasteiger partial charge in [-0.2, -0.15) is 5.10 Å². The van der Waals surface area contributed by atoms with Gasteiger partial charge in [-0.25, -0.2) is 9.48 Å². The van der Waals surface area contributed by atoms with Crippen molar-refractivity contribution >= 4 is 12.0 Å². The number of amides is 2. The molecule has 1 aliphatic heterocycles. The summed E-state index contributed by atoms with van der Waals surface area (Å²) < 4.78 is 1.77. The van der Waals surface area contributed by atoms with Gasteiger partial charge in [-0.1, -0.05) is 18.2 Å². The van der Waals surface area contributed by atoms with Gasteiger partial charge in [0, 0.05) is 25.5 Å². The van der Waals surface area contributed by atoms with E-state index in [1.54, 1.807) is 15.8 Å². The molecule has 7 heteroatoms. The second kappa shape index (κ2) is 7.38. The molecular formula is C18H22N4O3. The molecule has 0 spiro atoms. The number of urea groups is 1. The van der Waals surface area contributed by atoms with Crippen LogP contribution in [0, 0.1) is 5.92 Å². The van der Waals surface area contributed by atoms with Gasteiger partial charge in [0.05, 0.1) is 17.6 Å². The number of hydrogen-bond acceptors (Lipinski definition) is 3. The summed E-state index contributed by atoms with van der Waals surface area (Å²) in [6.45, 7) is 2.87. The maximum absolute atomic E-state index is 12.5. The number of nitrogens with zero attached hydrogens (tertiary/aromatic N) is 3. The Bertz CT molecular complexity index is 737. The van der Waals surface area contributed by atoms with Crippen LogP contribution in [-0.4, -0.2) is 44.9 Å². The standard InChI is InChI=1S/C18H22N4O3/c1-13(15-5-2-3-6-16(15)22-10-4-9-19-22)20-18(25)21-11-7-14(8-12-21)17(23)24/h2-6,9-10,13-14H,7-8,11-12H2,1H3,(H,20,25)(H,23,24). The lowest BCUT2D eigenvalue weighted by Gasteiger charge is -2.31. The van der Waals surface area contributed by atoms with Gasteiger partial charge >= 0.3 is 12.0 Å². The first-order valence-electron chi connectivity index (χ1n) is 8.43. The van der Waals surface area contributed by atoms with Crippen LogP contribution in [0.4, 0.5) is 4.79 Å². The molecule has 1 fully saturated rings. The summed E-state index contributed by atoms with van der Waals surface area (Å²) in [7, 11) is 0. The Morgan fingerprint density at radius 3 is 2.60 bits per heavy atom. The molecule has 0 bridgehead atoms. The number of carbonyl (C=O) groups excluding carboxylic acids is 1. The van der Waals surface area contributed by atoms with Crippen LogP contribution in [0.15, 0.2) is 42.7 Å². The smallest absolute Gasteiger partial charge is 0.317 e. The van der Waals surface area contributed by atoms with Gasteiger partial charge in [-0.3, -0.25) is 4.79 Å². The van der Waals surface area contributed by atoms with E-state index in [0.29, 0.717) is 25.9 Å². The lowest BCUT2D eigenvalue weighted by atomic mass is 9.97. The van der Waals surface area contributed by atoms with Crippen molar-refractivity contribution in [3.8, 4) is 5.69 Å². The monoisotopic (exact) mass is 342 g/mol. The summed E-state index contributed by atoms with van der Waals surface area (Å²) in [5.74, 6) is -1.12. The molecular weight excluding hydrogens is 320 g/mol. The van der Waals surface area contributed by atoms with Crippen molar-refractivity contribution in [2.45, 2.75) is 25.8 Å². The molecule has 2 amide bonds. The van der Waals surface area contributed by atoms with Crippen molar-refractivity contribution in [1.29, 1.82) is 0 Å². The molecule has 7 nitrogen and oxygen atoms in total. The van der Waals surface area contributed by atoms with Gasteiger partial charge in [0.15, 0.2) is 0 Å². The zero-order valence-corrected chi connectivity index (χ0v) is 14.1. The van der Waals surface area contributed by atoms with Crippen LogP contribution in [0.5, 0.6) is 0 Å². The maximum Gasteiger partial charge on any atom is 0.317 e. The number of piperidine rings is 1. The number of carboxylic acid groups (broad SMARTS) is 1. The van der Waals surface area contributed by atoms with E-state index in [1.165, 1.54) is 0 Å². The number of hydrogen-bond donors (Lipinski definition) is 2. The van der Waals surface area contributed by atoms with E-state index in [0.717, 1.165) is 11.3 Å². The number of carbonyl (C=O) groups is 2. The number of benzene rings is 1. The first kappa shape index (κ1) is 17.0. The normalized spacial score (nSPS) is 16.4. The van der Waals surface area contributed by atoms with E-state index in [2.05, 4.69) is 10.4 Å². The second-order valence-corrected chi connectivity index (χ2v) is 6.28. The van der Waals surface area contributed by atoms with E-state index in [-0.39, 0.29) is 18.0 Å². The Morgan fingerprint density at radius 2 is 1.96 bits per heavy atom. The predicted molar refractivity (Wildman–Crippen MR) is 92.4 cm³/mol. The van der Waals surface area contributed by atoms with E-state index < -0.39 is 5.97 Å². The molecule has 2 heterocycles. The molecule has 1 aromatic carbocycles. The van der Waals surface area contributed by atoms with Crippen molar-refractivity contribution in [1.82, 2.24) is 20.0 Å². The summed E-state index contributed by atoms with van der Waals surface area (Å²) in [4.78, 5) is 25.2. The Labute approximate surface area is 146 Å². The first-order valence-corrected chi connectivity index (χ1v) is 8.43. The van der Waals surface area contributed by atoms with Gasteiger partial charge in [-0.15, -0.1) is 0 Å². The highest BCUT2D eigenvalue weighted by molar-refractivity contribution is 5.76. The van der Waals surface area contributed by atoms with Crippen LogP contribution < -0.4 is 5.32 Å². The predicted octanol–water partition coefficient (Wildman–Crippen LogP) is 2.44. The third kappa shape index (κ3) is 3.81. The van der Waals surface area contributed by atoms with Crippen LogP contribution in [0.3, 0.4) is 0 Å². The molecule has 1 saturated heterocycles. The van der Waals surface area contributed by atoms with Crippen molar-refractivity contribution in [2.75, 3.05) is 13.1 Å². The number of nitrogens with one attached hydrogen (secondary N) is 1. The SMILES string of the molecule is CC(NC(=O)N1CCC(C(=O)O)CC1)c1ccccc1-n1cccn1. The highest BCUT2D eigenvalue weighted by atomic mass is 16.4. The summed E-state index contributed by atoms with van der Waals surface area (Å²) >= 11 is 0. The zero-order valence-electron chi connectivity index (χ0n) is 14.1. The van der Waals surface area contributed by atoms with Crippen LogP contribution in [0.2, 0.25) is 0 Å². The van der Waals surface area contributed by atoms with E-state index in [1.807, 2.05) is 43.5 Å². The van der Waals surface area contributed by atoms with E-state index in [9.17, 15) is 9.59 Å². The molecule has 2 N–H and O–H groups in total. The Morgan fingerprint density at radius 1 is 1.24 bits per heavy atom. The van der Waals surface area contributed by atoms with E-state index in [4.69, 9.17) is 5.11 Å². The number of aliphatic carboxylic acids is 1. The highest BCUT2D eigenvalue weighted by Gasteiger charge is 2.27. The third-order valence-electron chi connectivity index (χ3n) is 4.63. The highest BCUT2D eigenvalue weighted by Crippen LogP contribution is 2.22. The fraction of sp³-hybridized carbons (Fsp3) is 0.389. The van der Waals surface area contributed by atoms with Crippen molar-refractivity contribution < 1.29 is 14.7 Å². The number of rotatable bonds is 4. The summed E-state index contributed by atoms with van der Waals surface area (Å²) in [6.07, 6.45) is 4.58. The average Bonchev–Trinajstić information content (AvgIpc) is 3.16. The largest absolute Gasteiger partial charge is 0.481 e. The van der Waals surface area contributed by atoms with Gasteiger partial charge in [0.1, 0.15) is 0 Å². The number of aromatic nitrogens is 2. The number of carboxylic acids is 1. The van der Waals surface area contributed by atoms with Crippen LogP contribution in [0.1, 0.15) is 31.4 Å². The molecule has 0 radical (unpaired) electrons. The molecule has 1 unspecified atom stereocenters. The van der Waals surface area contributed by atoms with Gasteiger partial charge in [0.2, 0.25) is 0 Å². The molecule has 2 aromatic rings. The van der Waals surface area contributed by atoms with Crippen LogP contribution >= 0.6 is 0 Å². The Kier molecular flexibility index (Phi) is 5.02. The number of para-hydroxylation sites is 1. The van der Waals surface area contributed by atoms with Gasteiger partial charge in [-0.05, 0) is 37.5 Å². The molecule has 25 heavy (non-hydrogen) atoms. The quantitative estimate of drug-likeness (QED) is 0.893. The van der Waals surface area contributed by atoms with Crippen molar-refractivity contribution in [2.24, 2.45) is 5.92 Å². The molecule has 3 rings (SSSR count). The Hall–Kier alpha value is -2.83. The molecule has 0 aliphatic carbocycles. The van der Waals surface area contributed by atoms with Crippen LogP contribution in [-0.2, 0) is 4.79 Å². The van der Waals surface area contributed by atoms with Crippen LogP contribution in [0.25, 0.3) is 5.69 Å². The fourth-order valence-corrected chi connectivity index (χ4v) is 3.16. The minimum absolute atomic E-state index is 0.161. The third-order valence-corrected chi connectivity index (χ3v) is 4.63. The van der Waals surface area contributed by atoms with Gasteiger partial charge in [0.25, 0.3) is 0 Å². The summed E-state index contributed by atoms with van der Waals surface area (Å²) in [5, 5.41) is 16.3. The lowest BCUT2D eigenvalue weighted by molar-refractivity contribution is -0.143. The van der Waals surface area contributed by atoms with Gasteiger partial charge < -0.3 is 15.3 Å². The summed E-state index contributed by atoms with van der Waals surface area (Å²) in [6, 6.07) is 9.31. The lowest BCUT2D eigenvalue weighted by Crippen LogP contribution is -2.46. The first-order chi connectivity index (χ1) is 12.1. The molecule has 132 valence electrons. The fourth-order valence-electron chi connectivity index (χ4n) is 3.16.